The molecule has 0 unspecified atom stereocenters. The largest absolute Gasteiger partial charge is 0.484 e. The van der Waals surface area contributed by atoms with Crippen molar-refractivity contribution < 1.29 is 9.53 Å². The standard InChI is InChI=1S/C15H13N3O2/c16-9-12-1-3-14(4-2-12)20-11-15(19)18-10-13-5-7-17-8-6-13/h1-8H,10-11H2,(H,18,19). The molecule has 0 aliphatic rings. The van der Waals surface area contributed by atoms with E-state index in [1.54, 1.807) is 36.7 Å². The van der Waals surface area contributed by atoms with Gasteiger partial charge >= 0.3 is 0 Å². The predicted octanol–water partition coefficient (Wildman–Crippen LogP) is 1.65. The molecule has 0 bridgehead atoms. The molecule has 5 nitrogen and oxygen atoms in total. The second-order valence-corrected chi connectivity index (χ2v) is 4.06. The average molecular weight is 267 g/mol. The molecule has 5 heteroatoms. The normalized spacial score (nSPS) is 9.55. The van der Waals surface area contributed by atoms with Crippen LogP contribution in [-0.4, -0.2) is 17.5 Å². The van der Waals surface area contributed by atoms with E-state index in [0.29, 0.717) is 17.9 Å². The Kier molecular flexibility index (Phi) is 4.68. The monoisotopic (exact) mass is 267 g/mol. The third-order valence-corrected chi connectivity index (χ3v) is 2.59. The fourth-order valence-corrected chi connectivity index (χ4v) is 1.53. The van der Waals surface area contributed by atoms with Crippen LogP contribution in [0.15, 0.2) is 48.8 Å². The molecule has 1 amide bonds. The molecular weight excluding hydrogens is 254 g/mol. The van der Waals surface area contributed by atoms with Gasteiger partial charge < -0.3 is 10.1 Å². The highest BCUT2D eigenvalue weighted by atomic mass is 16.5. The Balaban J connectivity index is 1.76. The van der Waals surface area contributed by atoms with Gasteiger partial charge in [-0.2, -0.15) is 5.26 Å². The molecule has 0 saturated carbocycles. The van der Waals surface area contributed by atoms with Crippen molar-refractivity contribution >= 4 is 5.91 Å². The average Bonchev–Trinajstić information content (AvgIpc) is 2.52. The molecule has 0 saturated heterocycles. The lowest BCUT2D eigenvalue weighted by molar-refractivity contribution is -0.123. The van der Waals surface area contributed by atoms with E-state index in [4.69, 9.17) is 10.00 Å². The van der Waals surface area contributed by atoms with E-state index in [9.17, 15) is 4.79 Å². The number of aromatic nitrogens is 1. The Hall–Kier alpha value is -2.87. The second-order valence-electron chi connectivity index (χ2n) is 4.06. The van der Waals surface area contributed by atoms with Crippen LogP contribution in [0.1, 0.15) is 11.1 Å². The Labute approximate surface area is 116 Å². The summed E-state index contributed by atoms with van der Waals surface area (Å²) in [5, 5.41) is 11.4. The number of benzene rings is 1. The number of hydrogen-bond donors (Lipinski definition) is 1. The van der Waals surface area contributed by atoms with Crippen LogP contribution in [0.25, 0.3) is 0 Å². The Morgan fingerprint density at radius 3 is 2.55 bits per heavy atom. The number of nitrogens with zero attached hydrogens (tertiary/aromatic N) is 2. The fraction of sp³-hybridized carbons (Fsp3) is 0.133. The van der Waals surface area contributed by atoms with Crippen molar-refractivity contribution in [2.24, 2.45) is 0 Å². The van der Waals surface area contributed by atoms with Gasteiger partial charge in [-0.25, -0.2) is 0 Å². The van der Waals surface area contributed by atoms with Crippen LogP contribution in [-0.2, 0) is 11.3 Å². The molecule has 0 aliphatic carbocycles. The summed E-state index contributed by atoms with van der Waals surface area (Å²) >= 11 is 0. The molecule has 2 rings (SSSR count). The number of carbonyl (C=O) groups is 1. The van der Waals surface area contributed by atoms with Gasteiger partial charge in [0.1, 0.15) is 5.75 Å². The van der Waals surface area contributed by atoms with Crippen molar-refractivity contribution in [3.63, 3.8) is 0 Å². The number of nitriles is 1. The summed E-state index contributed by atoms with van der Waals surface area (Å²) in [5.74, 6) is 0.356. The summed E-state index contributed by atoms with van der Waals surface area (Å²) in [4.78, 5) is 15.5. The van der Waals surface area contributed by atoms with Gasteiger partial charge in [-0.1, -0.05) is 0 Å². The van der Waals surface area contributed by atoms with E-state index >= 15 is 0 Å². The maximum atomic E-state index is 11.6. The highest BCUT2D eigenvalue weighted by Gasteiger charge is 2.03. The highest BCUT2D eigenvalue weighted by molar-refractivity contribution is 5.77. The summed E-state index contributed by atoms with van der Waals surface area (Å²) in [6.07, 6.45) is 3.35. The molecule has 1 aromatic heterocycles. The van der Waals surface area contributed by atoms with Crippen LogP contribution in [0.4, 0.5) is 0 Å². The zero-order chi connectivity index (χ0) is 14.2. The first-order valence-electron chi connectivity index (χ1n) is 6.06. The Morgan fingerprint density at radius 1 is 1.20 bits per heavy atom. The molecule has 20 heavy (non-hydrogen) atoms. The number of rotatable bonds is 5. The SMILES string of the molecule is N#Cc1ccc(OCC(=O)NCc2ccncc2)cc1. The predicted molar refractivity (Wildman–Crippen MR) is 72.7 cm³/mol. The number of ether oxygens (including phenoxy) is 1. The van der Waals surface area contributed by atoms with E-state index in [0.717, 1.165) is 5.56 Å². The van der Waals surface area contributed by atoms with Crippen molar-refractivity contribution in [3.8, 4) is 11.8 Å². The zero-order valence-corrected chi connectivity index (χ0v) is 10.7. The lowest BCUT2D eigenvalue weighted by Crippen LogP contribution is -2.28. The molecule has 0 spiro atoms. The minimum absolute atomic E-state index is 0.0585. The molecule has 1 aromatic carbocycles. The summed E-state index contributed by atoms with van der Waals surface area (Å²) in [6.45, 7) is 0.384. The van der Waals surface area contributed by atoms with Crippen LogP contribution >= 0.6 is 0 Å². The Bertz CT molecular complexity index is 603. The number of carbonyl (C=O) groups excluding carboxylic acids is 1. The van der Waals surface area contributed by atoms with Crippen LogP contribution < -0.4 is 10.1 Å². The fourth-order valence-electron chi connectivity index (χ4n) is 1.53. The third kappa shape index (κ3) is 4.10. The number of amides is 1. The summed E-state index contributed by atoms with van der Waals surface area (Å²) < 4.78 is 5.32. The minimum atomic E-state index is -0.203. The van der Waals surface area contributed by atoms with Crippen molar-refractivity contribution in [1.82, 2.24) is 10.3 Å². The summed E-state index contributed by atoms with van der Waals surface area (Å²) in [7, 11) is 0. The number of pyridine rings is 1. The molecule has 0 radical (unpaired) electrons. The van der Waals surface area contributed by atoms with E-state index in [1.165, 1.54) is 0 Å². The summed E-state index contributed by atoms with van der Waals surface area (Å²) in [6, 6.07) is 12.3. The van der Waals surface area contributed by atoms with Gasteiger partial charge in [-0.15, -0.1) is 0 Å². The van der Waals surface area contributed by atoms with Crippen LogP contribution in [0, 0.1) is 11.3 Å². The number of hydrogen-bond acceptors (Lipinski definition) is 4. The zero-order valence-electron chi connectivity index (χ0n) is 10.7. The molecule has 0 atom stereocenters. The van der Waals surface area contributed by atoms with E-state index in [-0.39, 0.29) is 12.5 Å². The Morgan fingerprint density at radius 2 is 1.90 bits per heavy atom. The first-order valence-corrected chi connectivity index (χ1v) is 6.06. The maximum absolute atomic E-state index is 11.6. The van der Waals surface area contributed by atoms with Crippen molar-refractivity contribution in [2.45, 2.75) is 6.54 Å². The minimum Gasteiger partial charge on any atom is -0.484 e. The quantitative estimate of drug-likeness (QED) is 0.893. The van der Waals surface area contributed by atoms with Gasteiger partial charge in [-0.3, -0.25) is 9.78 Å². The second kappa shape index (κ2) is 6.90. The van der Waals surface area contributed by atoms with Crippen molar-refractivity contribution in [3.05, 3.63) is 59.9 Å². The van der Waals surface area contributed by atoms with Gasteiger partial charge in [-0.05, 0) is 42.0 Å². The molecular formula is C15H13N3O2. The van der Waals surface area contributed by atoms with Crippen molar-refractivity contribution in [2.75, 3.05) is 6.61 Å². The van der Waals surface area contributed by atoms with Gasteiger partial charge in [0.25, 0.3) is 5.91 Å². The summed E-state index contributed by atoms with van der Waals surface area (Å²) in [5.41, 5.74) is 1.53. The van der Waals surface area contributed by atoms with E-state index in [1.807, 2.05) is 18.2 Å². The van der Waals surface area contributed by atoms with Crippen LogP contribution in [0.5, 0.6) is 5.75 Å². The van der Waals surface area contributed by atoms with Gasteiger partial charge in [0.15, 0.2) is 6.61 Å². The molecule has 1 N–H and O–H groups in total. The molecule has 0 aliphatic heterocycles. The van der Waals surface area contributed by atoms with Crippen molar-refractivity contribution in [1.29, 1.82) is 5.26 Å². The first-order chi connectivity index (χ1) is 9.78. The first kappa shape index (κ1) is 13.6. The highest BCUT2D eigenvalue weighted by Crippen LogP contribution is 2.11. The van der Waals surface area contributed by atoms with Crippen LogP contribution in [0.2, 0.25) is 0 Å². The molecule has 0 fully saturated rings. The maximum Gasteiger partial charge on any atom is 0.258 e. The van der Waals surface area contributed by atoms with Crippen LogP contribution in [0.3, 0.4) is 0 Å². The van der Waals surface area contributed by atoms with Gasteiger partial charge in [0, 0.05) is 18.9 Å². The van der Waals surface area contributed by atoms with Gasteiger partial charge in [0.2, 0.25) is 0 Å². The van der Waals surface area contributed by atoms with E-state index in [2.05, 4.69) is 10.3 Å². The molecule has 2 aromatic rings. The smallest absolute Gasteiger partial charge is 0.258 e. The van der Waals surface area contributed by atoms with E-state index < -0.39 is 0 Å². The van der Waals surface area contributed by atoms with Gasteiger partial charge in [0.05, 0.1) is 11.6 Å². The lowest BCUT2D eigenvalue weighted by atomic mass is 10.2. The number of nitrogens with one attached hydrogen (secondary N) is 1. The lowest BCUT2D eigenvalue weighted by Gasteiger charge is -2.07. The third-order valence-electron chi connectivity index (χ3n) is 2.59. The molecule has 1 heterocycles. The molecule has 100 valence electrons. The topological polar surface area (TPSA) is 75.0 Å².